The number of rotatable bonds is 4. The molecule has 2 atom stereocenters. The molecular weight excluding hydrogens is 331 g/mol. The van der Waals surface area contributed by atoms with Gasteiger partial charge in [0.05, 0.1) is 5.69 Å². The minimum Gasteiger partial charge on any atom is -0.365 e. The molecule has 1 amide bonds. The van der Waals surface area contributed by atoms with E-state index in [1.807, 2.05) is 11.8 Å². The summed E-state index contributed by atoms with van der Waals surface area (Å²) in [6.07, 6.45) is -0.865. The van der Waals surface area contributed by atoms with E-state index in [9.17, 15) is 14.3 Å². The predicted octanol–water partition coefficient (Wildman–Crippen LogP) is 1.68. The number of aliphatic hydroxyl groups excluding tert-OH is 1. The van der Waals surface area contributed by atoms with E-state index >= 15 is 0 Å². The highest BCUT2D eigenvalue weighted by Gasteiger charge is 2.37. The van der Waals surface area contributed by atoms with Crippen molar-refractivity contribution in [1.82, 2.24) is 9.88 Å². The van der Waals surface area contributed by atoms with Gasteiger partial charge in [-0.1, -0.05) is 23.5 Å². The number of aliphatic hydroxyl groups is 1. The Labute approximate surface area is 143 Å². The fourth-order valence-corrected chi connectivity index (χ4v) is 3.78. The summed E-state index contributed by atoms with van der Waals surface area (Å²) in [5.74, 6) is -0.797. The van der Waals surface area contributed by atoms with Crippen LogP contribution in [0.5, 0.6) is 0 Å². The van der Waals surface area contributed by atoms with Crippen molar-refractivity contribution in [1.29, 1.82) is 0 Å². The van der Waals surface area contributed by atoms with Crippen LogP contribution in [0.15, 0.2) is 24.3 Å². The molecule has 1 aliphatic heterocycles. The number of halogens is 1. The minimum absolute atomic E-state index is 0.0753. The molecular formula is C16H19FN4O2S. The quantitative estimate of drug-likeness (QED) is 0.877. The number of carbonyl (C=O) groups is 1. The second kappa shape index (κ2) is 6.46. The van der Waals surface area contributed by atoms with Gasteiger partial charge < -0.3 is 15.7 Å². The Morgan fingerprint density at radius 1 is 1.46 bits per heavy atom. The van der Waals surface area contributed by atoms with Crippen LogP contribution in [0.4, 0.5) is 9.52 Å². The number of amides is 1. The van der Waals surface area contributed by atoms with Gasteiger partial charge in [0.25, 0.3) is 5.91 Å². The Hall–Kier alpha value is -2.03. The number of hydrogen-bond donors (Lipinski definition) is 2. The summed E-state index contributed by atoms with van der Waals surface area (Å²) in [4.78, 5) is 19.8. The molecule has 6 nitrogen and oxygen atoms in total. The Kier molecular flexibility index (Phi) is 4.53. The van der Waals surface area contributed by atoms with Crippen molar-refractivity contribution in [2.24, 2.45) is 5.73 Å². The average Bonchev–Trinajstić information content (AvgIpc) is 3.04. The Bertz CT molecular complexity index is 749. The van der Waals surface area contributed by atoms with Crippen molar-refractivity contribution in [3.63, 3.8) is 0 Å². The first-order chi connectivity index (χ1) is 11.4. The number of hydrogen-bond acceptors (Lipinski definition) is 6. The Balaban J connectivity index is 1.79. The SMILES string of the molecule is Cc1nc(N2C[C@@H](C)N(Cc3ccc(F)cc3)C2O)sc1C(N)=O. The van der Waals surface area contributed by atoms with E-state index in [-0.39, 0.29) is 11.9 Å². The van der Waals surface area contributed by atoms with E-state index < -0.39 is 12.3 Å². The van der Waals surface area contributed by atoms with Crippen LogP contribution in [-0.2, 0) is 6.54 Å². The van der Waals surface area contributed by atoms with E-state index in [2.05, 4.69) is 4.98 Å². The van der Waals surface area contributed by atoms with E-state index in [1.54, 1.807) is 24.0 Å². The van der Waals surface area contributed by atoms with Crippen molar-refractivity contribution in [2.75, 3.05) is 11.4 Å². The third-order valence-electron chi connectivity index (χ3n) is 4.14. The number of thiazole rings is 1. The second-order valence-corrected chi connectivity index (χ2v) is 6.90. The van der Waals surface area contributed by atoms with Gasteiger partial charge >= 0.3 is 0 Å². The highest BCUT2D eigenvalue weighted by atomic mass is 32.1. The van der Waals surface area contributed by atoms with Crippen molar-refractivity contribution >= 4 is 22.4 Å². The lowest BCUT2D eigenvalue weighted by Gasteiger charge is -2.26. The number of benzene rings is 1. The zero-order chi connectivity index (χ0) is 17.4. The predicted molar refractivity (Wildman–Crippen MR) is 90.1 cm³/mol. The summed E-state index contributed by atoms with van der Waals surface area (Å²) >= 11 is 1.18. The fourth-order valence-electron chi connectivity index (χ4n) is 2.84. The number of nitrogens with zero attached hydrogens (tertiary/aromatic N) is 3. The van der Waals surface area contributed by atoms with Gasteiger partial charge in [-0.15, -0.1) is 0 Å². The third-order valence-corrected chi connectivity index (χ3v) is 5.34. The molecule has 0 bridgehead atoms. The van der Waals surface area contributed by atoms with Crippen LogP contribution >= 0.6 is 11.3 Å². The Morgan fingerprint density at radius 2 is 2.12 bits per heavy atom. The van der Waals surface area contributed by atoms with Gasteiger partial charge in [-0.05, 0) is 31.5 Å². The highest BCUT2D eigenvalue weighted by molar-refractivity contribution is 7.17. The molecule has 2 aromatic rings. The summed E-state index contributed by atoms with van der Waals surface area (Å²) in [6, 6.07) is 6.30. The summed E-state index contributed by atoms with van der Waals surface area (Å²) in [6.45, 7) is 4.80. The van der Waals surface area contributed by atoms with Crippen LogP contribution in [0.1, 0.15) is 27.9 Å². The molecule has 0 radical (unpaired) electrons. The molecule has 128 valence electrons. The molecule has 3 N–H and O–H groups in total. The molecule has 0 spiro atoms. The van der Waals surface area contributed by atoms with Crippen molar-refractivity contribution in [2.45, 2.75) is 32.8 Å². The van der Waals surface area contributed by atoms with Crippen LogP contribution in [0.25, 0.3) is 0 Å². The first-order valence-electron chi connectivity index (χ1n) is 7.59. The largest absolute Gasteiger partial charge is 0.365 e. The summed E-state index contributed by atoms with van der Waals surface area (Å²) in [5.41, 5.74) is 6.82. The van der Waals surface area contributed by atoms with Crippen LogP contribution in [0.2, 0.25) is 0 Å². The summed E-state index contributed by atoms with van der Waals surface area (Å²) in [7, 11) is 0. The number of nitrogens with two attached hydrogens (primary N) is 1. The van der Waals surface area contributed by atoms with Gasteiger partial charge in [0.2, 0.25) is 0 Å². The zero-order valence-electron chi connectivity index (χ0n) is 13.4. The standard InChI is InChI=1S/C16H19FN4O2S/c1-9-7-21(15-19-10(2)13(24-15)14(18)22)16(23)20(9)8-11-3-5-12(17)6-4-11/h3-6,9,16,23H,7-8H2,1-2H3,(H2,18,22)/t9-,16?/m1/s1. The molecule has 1 aromatic carbocycles. The molecule has 1 aromatic heterocycles. The number of aromatic nitrogens is 1. The van der Waals surface area contributed by atoms with E-state index in [0.717, 1.165) is 5.56 Å². The van der Waals surface area contributed by atoms with E-state index in [1.165, 1.54) is 23.5 Å². The third kappa shape index (κ3) is 3.12. The normalized spacial score (nSPS) is 21.4. The van der Waals surface area contributed by atoms with Gasteiger partial charge in [-0.25, -0.2) is 9.37 Å². The smallest absolute Gasteiger partial charge is 0.260 e. The van der Waals surface area contributed by atoms with E-state index in [0.29, 0.717) is 28.8 Å². The van der Waals surface area contributed by atoms with Crippen LogP contribution in [0.3, 0.4) is 0 Å². The maximum Gasteiger partial charge on any atom is 0.260 e. The highest BCUT2D eigenvalue weighted by Crippen LogP contribution is 2.32. The first-order valence-corrected chi connectivity index (χ1v) is 8.40. The minimum atomic E-state index is -0.865. The second-order valence-electron chi connectivity index (χ2n) is 5.92. The molecule has 1 aliphatic rings. The number of carbonyl (C=O) groups excluding carboxylic acids is 1. The van der Waals surface area contributed by atoms with Gasteiger partial charge in [0, 0.05) is 19.1 Å². The molecule has 0 saturated carbocycles. The van der Waals surface area contributed by atoms with Crippen molar-refractivity contribution < 1.29 is 14.3 Å². The number of aryl methyl sites for hydroxylation is 1. The van der Waals surface area contributed by atoms with Crippen LogP contribution in [0, 0.1) is 12.7 Å². The topological polar surface area (TPSA) is 82.7 Å². The number of primary amides is 1. The first kappa shape index (κ1) is 16.8. The summed E-state index contributed by atoms with van der Waals surface area (Å²) in [5, 5.41) is 11.2. The van der Waals surface area contributed by atoms with Gasteiger partial charge in [0.15, 0.2) is 11.5 Å². The van der Waals surface area contributed by atoms with Gasteiger partial charge in [-0.3, -0.25) is 9.69 Å². The Morgan fingerprint density at radius 3 is 2.71 bits per heavy atom. The molecule has 8 heteroatoms. The van der Waals surface area contributed by atoms with Gasteiger partial charge in [-0.2, -0.15) is 0 Å². The molecule has 24 heavy (non-hydrogen) atoms. The van der Waals surface area contributed by atoms with Crippen molar-refractivity contribution in [3.8, 4) is 0 Å². The lowest BCUT2D eigenvalue weighted by atomic mass is 10.2. The maximum absolute atomic E-state index is 13.0. The molecule has 0 aliphatic carbocycles. The van der Waals surface area contributed by atoms with Gasteiger partial charge in [0.1, 0.15) is 10.7 Å². The molecule has 1 fully saturated rings. The van der Waals surface area contributed by atoms with Crippen LogP contribution < -0.4 is 10.6 Å². The molecule has 1 unspecified atom stereocenters. The molecule has 1 saturated heterocycles. The summed E-state index contributed by atoms with van der Waals surface area (Å²) < 4.78 is 13.0. The fraction of sp³-hybridized carbons (Fsp3) is 0.375. The lowest BCUT2D eigenvalue weighted by molar-refractivity contribution is 0.0163. The van der Waals surface area contributed by atoms with E-state index in [4.69, 9.17) is 5.73 Å². The van der Waals surface area contributed by atoms with Crippen LogP contribution in [-0.4, -0.2) is 39.8 Å². The molecule has 3 rings (SSSR count). The lowest BCUT2D eigenvalue weighted by Crippen LogP contribution is -2.39. The molecule has 2 heterocycles. The zero-order valence-corrected chi connectivity index (χ0v) is 14.3. The number of anilines is 1. The van der Waals surface area contributed by atoms with Crippen molar-refractivity contribution in [3.05, 3.63) is 46.2 Å². The maximum atomic E-state index is 13.0. The monoisotopic (exact) mass is 350 g/mol. The average molecular weight is 350 g/mol.